The van der Waals surface area contributed by atoms with E-state index in [1.807, 2.05) is 0 Å². The second kappa shape index (κ2) is 6.81. The summed E-state index contributed by atoms with van der Waals surface area (Å²) in [4.78, 5) is 14.2. The van der Waals surface area contributed by atoms with Gasteiger partial charge < -0.3 is 9.84 Å². The maximum Gasteiger partial charge on any atom is 0.176 e. The second-order valence-electron chi connectivity index (χ2n) is 5.17. The number of rotatable bonds is 6. The number of likely N-dealkylation sites (tertiary alicyclic amines) is 1. The molecular weight excluding hydrogens is 261 g/mol. The molecule has 4 nitrogen and oxygen atoms in total. The molecule has 1 unspecified atom stereocenters. The molecule has 0 radical (unpaired) electrons. The average molecular weight is 281 g/mol. The highest BCUT2D eigenvalue weighted by atomic mass is 19.1. The Bertz CT molecular complexity index is 478. The van der Waals surface area contributed by atoms with E-state index in [1.165, 1.54) is 19.2 Å². The number of Topliss-reactive ketones (excluding diaryl/α,β-unsaturated/α-hetero) is 1. The highest BCUT2D eigenvalue weighted by Gasteiger charge is 2.24. The van der Waals surface area contributed by atoms with Crippen molar-refractivity contribution in [3.63, 3.8) is 0 Å². The fraction of sp³-hybridized carbons (Fsp3) is 0.533. The van der Waals surface area contributed by atoms with Crippen molar-refractivity contribution in [2.75, 3.05) is 33.4 Å². The first-order valence-electron chi connectivity index (χ1n) is 6.84. The van der Waals surface area contributed by atoms with E-state index in [0.717, 1.165) is 25.9 Å². The van der Waals surface area contributed by atoms with Gasteiger partial charge in [0.2, 0.25) is 0 Å². The number of nitrogens with zero attached hydrogens (tertiary/aromatic N) is 1. The summed E-state index contributed by atoms with van der Waals surface area (Å²) >= 11 is 0. The molecule has 0 spiro atoms. The summed E-state index contributed by atoms with van der Waals surface area (Å²) in [6, 6.07) is 4.29. The van der Waals surface area contributed by atoms with Crippen LogP contribution in [-0.2, 0) is 0 Å². The minimum absolute atomic E-state index is 0.0869. The van der Waals surface area contributed by atoms with Crippen molar-refractivity contribution in [2.45, 2.75) is 12.8 Å². The summed E-state index contributed by atoms with van der Waals surface area (Å²) in [5, 5.41) is 8.91. The number of aliphatic hydroxyl groups is 1. The summed E-state index contributed by atoms with van der Waals surface area (Å²) in [7, 11) is 1.39. The van der Waals surface area contributed by atoms with Crippen LogP contribution < -0.4 is 4.74 Å². The fourth-order valence-corrected chi connectivity index (χ4v) is 2.61. The lowest BCUT2D eigenvalue weighted by atomic mass is 10.1. The quantitative estimate of drug-likeness (QED) is 0.807. The predicted molar refractivity (Wildman–Crippen MR) is 73.5 cm³/mol. The number of halogens is 1. The number of ether oxygens (including phenoxy) is 1. The first-order chi connectivity index (χ1) is 9.63. The average Bonchev–Trinajstić information content (AvgIpc) is 2.86. The Labute approximate surface area is 118 Å². The number of carbonyl (C=O) groups is 1. The van der Waals surface area contributed by atoms with E-state index in [1.54, 1.807) is 6.07 Å². The molecule has 0 bridgehead atoms. The predicted octanol–water partition coefficient (Wildman–Crippen LogP) is 1.72. The van der Waals surface area contributed by atoms with Crippen LogP contribution >= 0.6 is 0 Å². The van der Waals surface area contributed by atoms with E-state index >= 15 is 0 Å². The minimum Gasteiger partial charge on any atom is -0.494 e. The van der Waals surface area contributed by atoms with Gasteiger partial charge in [0.25, 0.3) is 0 Å². The Hall–Kier alpha value is -1.46. The summed E-state index contributed by atoms with van der Waals surface area (Å²) in [5.74, 6) is 0.000247. The zero-order chi connectivity index (χ0) is 14.5. The lowest BCUT2D eigenvalue weighted by Crippen LogP contribution is -2.28. The van der Waals surface area contributed by atoms with E-state index < -0.39 is 5.82 Å². The molecule has 20 heavy (non-hydrogen) atoms. The smallest absolute Gasteiger partial charge is 0.176 e. The van der Waals surface area contributed by atoms with E-state index in [9.17, 15) is 9.18 Å². The topological polar surface area (TPSA) is 49.8 Å². The lowest BCUT2D eigenvalue weighted by molar-refractivity contribution is 0.0942. The van der Waals surface area contributed by atoms with Gasteiger partial charge in [-0.25, -0.2) is 4.39 Å². The van der Waals surface area contributed by atoms with Crippen molar-refractivity contribution in [2.24, 2.45) is 5.92 Å². The summed E-state index contributed by atoms with van der Waals surface area (Å²) in [5.41, 5.74) is 0.369. The van der Waals surface area contributed by atoms with Crippen LogP contribution in [0.15, 0.2) is 18.2 Å². The molecule has 1 fully saturated rings. The van der Waals surface area contributed by atoms with Gasteiger partial charge in [0.1, 0.15) is 0 Å². The highest BCUT2D eigenvalue weighted by Crippen LogP contribution is 2.21. The molecule has 1 saturated heterocycles. The Kier molecular flexibility index (Phi) is 5.09. The lowest BCUT2D eigenvalue weighted by Gasteiger charge is -2.15. The van der Waals surface area contributed by atoms with E-state index in [0.29, 0.717) is 18.0 Å². The van der Waals surface area contributed by atoms with E-state index in [2.05, 4.69) is 4.90 Å². The third-order valence-electron chi connectivity index (χ3n) is 3.75. The molecule has 0 aliphatic carbocycles. The van der Waals surface area contributed by atoms with Gasteiger partial charge in [-0.15, -0.1) is 0 Å². The molecule has 1 N–H and O–H groups in total. The molecule has 1 heterocycles. The normalized spacial score (nSPS) is 19.2. The van der Waals surface area contributed by atoms with Gasteiger partial charge in [0, 0.05) is 18.7 Å². The molecule has 1 aliphatic rings. The molecule has 0 aromatic heterocycles. The molecule has 5 heteroatoms. The Morgan fingerprint density at radius 2 is 2.35 bits per heavy atom. The molecule has 1 atom stereocenters. The maximum atomic E-state index is 13.6. The molecule has 1 aromatic carbocycles. The van der Waals surface area contributed by atoms with Crippen LogP contribution in [0.5, 0.6) is 5.75 Å². The van der Waals surface area contributed by atoms with Gasteiger partial charge in [0.05, 0.1) is 13.7 Å². The van der Waals surface area contributed by atoms with Gasteiger partial charge in [-0.1, -0.05) is 0 Å². The Morgan fingerprint density at radius 1 is 1.55 bits per heavy atom. The van der Waals surface area contributed by atoms with Crippen LogP contribution in [0.4, 0.5) is 4.39 Å². The molecule has 0 saturated carbocycles. The first kappa shape index (κ1) is 14.9. The zero-order valence-electron chi connectivity index (χ0n) is 11.6. The first-order valence-corrected chi connectivity index (χ1v) is 6.84. The van der Waals surface area contributed by atoms with Gasteiger partial charge in [-0.05, 0) is 43.5 Å². The monoisotopic (exact) mass is 281 g/mol. The van der Waals surface area contributed by atoms with Gasteiger partial charge in [0.15, 0.2) is 17.3 Å². The number of hydrogen-bond donors (Lipinski definition) is 1. The molecule has 1 aromatic rings. The van der Waals surface area contributed by atoms with E-state index in [-0.39, 0.29) is 18.1 Å². The third kappa shape index (κ3) is 3.55. The van der Waals surface area contributed by atoms with Crippen molar-refractivity contribution in [3.05, 3.63) is 29.6 Å². The van der Waals surface area contributed by atoms with Crippen LogP contribution in [-0.4, -0.2) is 49.1 Å². The molecule has 110 valence electrons. The Balaban J connectivity index is 1.94. The van der Waals surface area contributed by atoms with Crippen molar-refractivity contribution in [3.8, 4) is 5.75 Å². The molecule has 1 aliphatic heterocycles. The third-order valence-corrected chi connectivity index (χ3v) is 3.75. The number of methoxy groups -OCH3 is 1. The number of hydrogen-bond acceptors (Lipinski definition) is 4. The van der Waals surface area contributed by atoms with Gasteiger partial charge in [-0.3, -0.25) is 9.69 Å². The number of carbonyl (C=O) groups excluding carboxylic acids is 1. The van der Waals surface area contributed by atoms with Crippen molar-refractivity contribution in [1.82, 2.24) is 4.90 Å². The van der Waals surface area contributed by atoms with Crippen molar-refractivity contribution >= 4 is 5.78 Å². The SMILES string of the molecule is COc1ccc(C(=O)CN2CCC(CCO)C2)cc1F. The highest BCUT2D eigenvalue weighted by molar-refractivity contribution is 5.97. The van der Waals surface area contributed by atoms with Crippen LogP contribution in [0.3, 0.4) is 0 Å². The largest absolute Gasteiger partial charge is 0.494 e. The standard InChI is InChI=1S/C15H20FNO3/c1-20-15-3-2-12(8-13(15)16)14(19)10-17-6-4-11(9-17)5-7-18/h2-3,8,11,18H,4-7,9-10H2,1H3. The van der Waals surface area contributed by atoms with Gasteiger partial charge in [-0.2, -0.15) is 0 Å². The van der Waals surface area contributed by atoms with Crippen LogP contribution in [0.1, 0.15) is 23.2 Å². The maximum absolute atomic E-state index is 13.6. The van der Waals surface area contributed by atoms with Crippen LogP contribution in [0.25, 0.3) is 0 Å². The second-order valence-corrected chi connectivity index (χ2v) is 5.17. The minimum atomic E-state index is -0.516. The Morgan fingerprint density at radius 3 is 3.00 bits per heavy atom. The van der Waals surface area contributed by atoms with Crippen LogP contribution in [0, 0.1) is 11.7 Å². The number of aliphatic hydroxyl groups excluding tert-OH is 1. The zero-order valence-corrected chi connectivity index (χ0v) is 11.6. The summed E-state index contributed by atoms with van der Waals surface area (Å²) in [6.45, 7) is 2.17. The van der Waals surface area contributed by atoms with Crippen molar-refractivity contribution in [1.29, 1.82) is 0 Å². The number of ketones is 1. The van der Waals surface area contributed by atoms with Crippen molar-refractivity contribution < 1.29 is 19.0 Å². The van der Waals surface area contributed by atoms with Gasteiger partial charge >= 0.3 is 0 Å². The van der Waals surface area contributed by atoms with E-state index in [4.69, 9.17) is 9.84 Å². The fourth-order valence-electron chi connectivity index (χ4n) is 2.61. The number of benzene rings is 1. The molecule has 2 rings (SSSR count). The summed E-state index contributed by atoms with van der Waals surface area (Å²) < 4.78 is 18.4. The molecular formula is C15H20FNO3. The summed E-state index contributed by atoms with van der Waals surface area (Å²) in [6.07, 6.45) is 1.78. The van der Waals surface area contributed by atoms with Crippen LogP contribution in [0.2, 0.25) is 0 Å². The molecule has 0 amide bonds.